The standard InChI is InChI=1S/C10H9N3O4S2/c1-19(16,17)9-8(12-10(11)18-9)6-3-2-4-7(5-6)13(14)15/h2-5H,1H3,(H2,11,12). The Morgan fingerprint density at radius 2 is 2.11 bits per heavy atom. The second-order valence-electron chi connectivity index (χ2n) is 3.77. The molecule has 0 unspecified atom stereocenters. The molecule has 100 valence electrons. The Bertz CT molecular complexity index is 752. The molecule has 9 heteroatoms. The fourth-order valence-corrected chi connectivity index (χ4v) is 3.49. The second kappa shape index (κ2) is 4.59. The Labute approximate surface area is 112 Å². The van der Waals surface area contributed by atoms with E-state index < -0.39 is 14.8 Å². The van der Waals surface area contributed by atoms with Crippen LogP contribution in [-0.4, -0.2) is 24.6 Å². The third-order valence-corrected chi connectivity index (χ3v) is 4.98. The Morgan fingerprint density at radius 3 is 2.68 bits per heavy atom. The molecule has 0 saturated carbocycles. The first kappa shape index (κ1) is 13.4. The van der Waals surface area contributed by atoms with Gasteiger partial charge in [-0.25, -0.2) is 13.4 Å². The zero-order valence-electron chi connectivity index (χ0n) is 9.73. The van der Waals surface area contributed by atoms with Crippen LogP contribution in [0.5, 0.6) is 0 Å². The molecule has 2 aromatic rings. The average Bonchev–Trinajstić information content (AvgIpc) is 2.71. The van der Waals surface area contributed by atoms with Crippen molar-refractivity contribution in [2.75, 3.05) is 12.0 Å². The molecule has 0 bridgehead atoms. The van der Waals surface area contributed by atoms with Crippen LogP contribution in [-0.2, 0) is 9.84 Å². The average molecular weight is 299 g/mol. The van der Waals surface area contributed by atoms with E-state index >= 15 is 0 Å². The van der Waals surface area contributed by atoms with Gasteiger partial charge >= 0.3 is 0 Å². The van der Waals surface area contributed by atoms with Crippen LogP contribution in [0.2, 0.25) is 0 Å². The zero-order valence-corrected chi connectivity index (χ0v) is 11.4. The highest BCUT2D eigenvalue weighted by atomic mass is 32.2. The minimum atomic E-state index is -3.49. The second-order valence-corrected chi connectivity index (χ2v) is 7.01. The molecule has 0 fully saturated rings. The predicted molar refractivity (Wildman–Crippen MR) is 71.7 cm³/mol. The van der Waals surface area contributed by atoms with E-state index in [9.17, 15) is 18.5 Å². The van der Waals surface area contributed by atoms with Gasteiger partial charge in [-0.3, -0.25) is 10.1 Å². The lowest BCUT2D eigenvalue weighted by molar-refractivity contribution is -0.384. The summed E-state index contributed by atoms with van der Waals surface area (Å²) in [7, 11) is -3.49. The summed E-state index contributed by atoms with van der Waals surface area (Å²) in [6.07, 6.45) is 1.04. The fraction of sp³-hybridized carbons (Fsp3) is 0.100. The summed E-state index contributed by atoms with van der Waals surface area (Å²) in [6.45, 7) is 0. The van der Waals surface area contributed by atoms with Crippen molar-refractivity contribution in [2.45, 2.75) is 4.21 Å². The number of thiazole rings is 1. The molecule has 0 aliphatic rings. The number of nitro groups is 1. The summed E-state index contributed by atoms with van der Waals surface area (Å²) in [5, 5.41) is 10.8. The number of nitrogens with zero attached hydrogens (tertiary/aromatic N) is 2. The van der Waals surface area contributed by atoms with Crippen molar-refractivity contribution in [3.63, 3.8) is 0 Å². The van der Waals surface area contributed by atoms with E-state index in [1.165, 1.54) is 18.2 Å². The fourth-order valence-electron chi connectivity index (χ4n) is 1.52. The number of rotatable bonds is 3. The van der Waals surface area contributed by atoms with Gasteiger partial charge in [0.1, 0.15) is 9.90 Å². The van der Waals surface area contributed by atoms with Crippen LogP contribution in [0.1, 0.15) is 0 Å². The van der Waals surface area contributed by atoms with Gasteiger partial charge in [0.05, 0.1) is 4.92 Å². The van der Waals surface area contributed by atoms with E-state index in [4.69, 9.17) is 5.73 Å². The molecule has 0 amide bonds. The first-order chi connectivity index (χ1) is 8.79. The lowest BCUT2D eigenvalue weighted by Crippen LogP contribution is -1.97. The SMILES string of the molecule is CS(=O)(=O)c1sc(N)nc1-c1cccc([N+](=O)[O-])c1. The molecule has 1 heterocycles. The molecular formula is C10H9N3O4S2. The number of hydrogen-bond donors (Lipinski definition) is 1. The number of aromatic nitrogens is 1. The molecule has 0 atom stereocenters. The van der Waals surface area contributed by atoms with Gasteiger partial charge in [0, 0.05) is 24.0 Å². The number of nitro benzene ring substituents is 1. The van der Waals surface area contributed by atoms with Crippen LogP contribution in [0.4, 0.5) is 10.8 Å². The quantitative estimate of drug-likeness (QED) is 0.681. The molecule has 7 nitrogen and oxygen atoms in total. The molecule has 0 aliphatic heterocycles. The maximum atomic E-state index is 11.6. The largest absolute Gasteiger partial charge is 0.375 e. The number of nitrogens with two attached hydrogens (primary N) is 1. The molecule has 19 heavy (non-hydrogen) atoms. The maximum absolute atomic E-state index is 11.6. The molecule has 2 rings (SSSR count). The van der Waals surface area contributed by atoms with E-state index in [0.29, 0.717) is 5.56 Å². The van der Waals surface area contributed by atoms with Crippen molar-refractivity contribution in [3.8, 4) is 11.3 Å². The molecule has 0 spiro atoms. The Balaban J connectivity index is 2.66. The highest BCUT2D eigenvalue weighted by Gasteiger charge is 2.21. The smallest absolute Gasteiger partial charge is 0.270 e. The molecule has 0 radical (unpaired) electrons. The Kier molecular flexibility index (Phi) is 3.25. The Morgan fingerprint density at radius 1 is 1.42 bits per heavy atom. The van der Waals surface area contributed by atoms with E-state index in [1.54, 1.807) is 6.07 Å². The summed E-state index contributed by atoms with van der Waals surface area (Å²) in [5.74, 6) is 0. The normalized spacial score (nSPS) is 11.4. The van der Waals surface area contributed by atoms with Crippen LogP contribution < -0.4 is 5.73 Å². The maximum Gasteiger partial charge on any atom is 0.270 e. The summed E-state index contributed by atoms with van der Waals surface area (Å²) < 4.78 is 23.3. The number of anilines is 1. The molecular weight excluding hydrogens is 290 g/mol. The van der Waals surface area contributed by atoms with Crippen molar-refractivity contribution < 1.29 is 13.3 Å². The number of sulfone groups is 1. The zero-order chi connectivity index (χ0) is 14.2. The van der Waals surface area contributed by atoms with E-state index in [0.717, 1.165) is 17.6 Å². The molecule has 0 aliphatic carbocycles. The summed E-state index contributed by atoms with van der Waals surface area (Å²) in [6, 6.07) is 5.60. The van der Waals surface area contributed by atoms with Crippen LogP contribution in [0.15, 0.2) is 28.5 Å². The lowest BCUT2D eigenvalue weighted by atomic mass is 10.1. The highest BCUT2D eigenvalue weighted by Crippen LogP contribution is 2.34. The van der Waals surface area contributed by atoms with Crippen molar-refractivity contribution in [1.82, 2.24) is 4.98 Å². The Hall–Kier alpha value is -2.00. The van der Waals surface area contributed by atoms with Gasteiger partial charge in [0.2, 0.25) is 0 Å². The van der Waals surface area contributed by atoms with E-state index in [1.807, 2.05) is 0 Å². The molecule has 1 aromatic heterocycles. The number of non-ortho nitro benzene ring substituents is 1. The predicted octanol–water partition coefficient (Wildman–Crippen LogP) is 1.70. The third kappa shape index (κ3) is 2.71. The molecule has 2 N–H and O–H groups in total. The van der Waals surface area contributed by atoms with Crippen LogP contribution in [0, 0.1) is 10.1 Å². The monoisotopic (exact) mass is 299 g/mol. The van der Waals surface area contributed by atoms with Crippen LogP contribution in [0.3, 0.4) is 0 Å². The van der Waals surface area contributed by atoms with Gasteiger partial charge in [0.25, 0.3) is 5.69 Å². The summed E-state index contributed by atoms with van der Waals surface area (Å²) in [5.41, 5.74) is 5.88. The van der Waals surface area contributed by atoms with Crippen molar-refractivity contribution in [2.24, 2.45) is 0 Å². The van der Waals surface area contributed by atoms with Gasteiger partial charge in [-0.15, -0.1) is 0 Å². The molecule has 0 saturated heterocycles. The topological polar surface area (TPSA) is 116 Å². The van der Waals surface area contributed by atoms with Gasteiger partial charge in [-0.05, 0) is 0 Å². The van der Waals surface area contributed by atoms with E-state index in [-0.39, 0.29) is 20.7 Å². The van der Waals surface area contributed by atoms with Crippen molar-refractivity contribution >= 4 is 32.0 Å². The molecule has 1 aromatic carbocycles. The van der Waals surface area contributed by atoms with Crippen molar-refractivity contribution in [1.29, 1.82) is 0 Å². The van der Waals surface area contributed by atoms with Gasteiger partial charge in [-0.1, -0.05) is 23.5 Å². The first-order valence-corrected chi connectivity index (χ1v) is 7.71. The number of benzene rings is 1. The van der Waals surface area contributed by atoms with Crippen LogP contribution in [0.25, 0.3) is 11.3 Å². The van der Waals surface area contributed by atoms with Gasteiger partial charge in [-0.2, -0.15) is 0 Å². The first-order valence-electron chi connectivity index (χ1n) is 5.00. The highest BCUT2D eigenvalue weighted by molar-refractivity contribution is 7.93. The van der Waals surface area contributed by atoms with Gasteiger partial charge < -0.3 is 5.73 Å². The summed E-state index contributed by atoms with van der Waals surface area (Å²) >= 11 is 0.839. The van der Waals surface area contributed by atoms with E-state index in [2.05, 4.69) is 4.98 Å². The minimum Gasteiger partial charge on any atom is -0.375 e. The van der Waals surface area contributed by atoms with Crippen LogP contribution >= 0.6 is 11.3 Å². The van der Waals surface area contributed by atoms with Gasteiger partial charge in [0.15, 0.2) is 15.0 Å². The lowest BCUT2D eigenvalue weighted by Gasteiger charge is -2.00. The van der Waals surface area contributed by atoms with Crippen molar-refractivity contribution in [3.05, 3.63) is 34.4 Å². The number of nitrogen functional groups attached to an aromatic ring is 1. The third-order valence-electron chi connectivity index (χ3n) is 2.28. The number of hydrogen-bond acceptors (Lipinski definition) is 7. The minimum absolute atomic E-state index is 0.00509. The summed E-state index contributed by atoms with van der Waals surface area (Å²) in [4.78, 5) is 14.1.